The number of aldehydes is 1. The molecule has 2 rings (SSSR count). The first-order valence-corrected chi connectivity index (χ1v) is 5.88. The quantitative estimate of drug-likeness (QED) is 0.873. The van der Waals surface area contributed by atoms with Crippen molar-refractivity contribution in [3.8, 4) is 5.75 Å². The Morgan fingerprint density at radius 1 is 1.26 bits per heavy atom. The van der Waals surface area contributed by atoms with Gasteiger partial charge in [0.05, 0.1) is 0 Å². The zero-order valence-electron chi connectivity index (χ0n) is 9.27. The average molecular weight is 288 g/mol. The molecule has 0 saturated heterocycles. The molecule has 0 aliphatic heterocycles. The SMILES string of the molecule is O=Cc1csc(Nc2ccc(OC(F)(F)F)cc2)n1. The molecule has 0 bridgehead atoms. The van der Waals surface area contributed by atoms with E-state index in [2.05, 4.69) is 15.0 Å². The minimum absolute atomic E-state index is 0.296. The topological polar surface area (TPSA) is 51.2 Å². The number of hydrogen-bond donors (Lipinski definition) is 1. The maximum absolute atomic E-state index is 12.0. The van der Waals surface area contributed by atoms with Crippen molar-refractivity contribution in [1.29, 1.82) is 0 Å². The molecule has 0 fully saturated rings. The summed E-state index contributed by atoms with van der Waals surface area (Å²) in [5.41, 5.74) is 0.839. The van der Waals surface area contributed by atoms with Gasteiger partial charge in [-0.15, -0.1) is 24.5 Å². The Bertz CT molecular complexity index is 566. The molecule has 0 amide bonds. The smallest absolute Gasteiger partial charge is 0.406 e. The highest BCUT2D eigenvalue weighted by molar-refractivity contribution is 7.13. The van der Waals surface area contributed by atoms with Crippen LogP contribution in [0.3, 0.4) is 0 Å². The molecule has 8 heteroatoms. The Morgan fingerprint density at radius 3 is 2.47 bits per heavy atom. The minimum Gasteiger partial charge on any atom is -0.406 e. The second-order valence-corrected chi connectivity index (χ2v) is 4.25. The van der Waals surface area contributed by atoms with Crippen LogP contribution in [-0.4, -0.2) is 17.6 Å². The minimum atomic E-state index is -4.71. The van der Waals surface area contributed by atoms with Crippen molar-refractivity contribution in [1.82, 2.24) is 4.98 Å². The first kappa shape index (κ1) is 13.3. The monoisotopic (exact) mass is 288 g/mol. The van der Waals surface area contributed by atoms with E-state index in [1.807, 2.05) is 0 Å². The molecule has 1 heterocycles. The van der Waals surface area contributed by atoms with Crippen LogP contribution in [0.5, 0.6) is 5.75 Å². The van der Waals surface area contributed by atoms with Gasteiger partial charge in [-0.05, 0) is 24.3 Å². The molecule has 1 aromatic heterocycles. The average Bonchev–Trinajstić information content (AvgIpc) is 2.77. The van der Waals surface area contributed by atoms with Gasteiger partial charge in [0.25, 0.3) is 0 Å². The molecule has 0 atom stereocenters. The summed E-state index contributed by atoms with van der Waals surface area (Å²) < 4.78 is 39.6. The third-order valence-corrected chi connectivity index (χ3v) is 2.76. The maximum atomic E-state index is 12.0. The highest BCUT2D eigenvalue weighted by Gasteiger charge is 2.30. The van der Waals surface area contributed by atoms with Gasteiger partial charge in [0, 0.05) is 11.1 Å². The first-order chi connectivity index (χ1) is 8.96. The van der Waals surface area contributed by atoms with E-state index in [9.17, 15) is 18.0 Å². The summed E-state index contributed by atoms with van der Waals surface area (Å²) in [7, 11) is 0. The molecule has 0 aliphatic rings. The summed E-state index contributed by atoms with van der Waals surface area (Å²) in [4.78, 5) is 14.4. The summed E-state index contributed by atoms with van der Waals surface area (Å²) in [5.74, 6) is -0.300. The number of carbonyl (C=O) groups excluding carboxylic acids is 1. The molecule has 0 spiro atoms. The van der Waals surface area contributed by atoms with Gasteiger partial charge in [-0.2, -0.15) is 0 Å². The highest BCUT2D eigenvalue weighted by Crippen LogP contribution is 2.26. The van der Waals surface area contributed by atoms with Gasteiger partial charge in [0.2, 0.25) is 0 Å². The number of nitrogens with one attached hydrogen (secondary N) is 1. The van der Waals surface area contributed by atoms with Crippen LogP contribution >= 0.6 is 11.3 Å². The lowest BCUT2D eigenvalue weighted by molar-refractivity contribution is -0.274. The van der Waals surface area contributed by atoms with Crippen LogP contribution in [0.25, 0.3) is 0 Å². The van der Waals surface area contributed by atoms with E-state index in [0.717, 1.165) is 0 Å². The van der Waals surface area contributed by atoms with E-state index in [0.29, 0.717) is 22.8 Å². The van der Waals surface area contributed by atoms with Gasteiger partial charge in [-0.25, -0.2) is 4.98 Å². The van der Waals surface area contributed by atoms with E-state index < -0.39 is 6.36 Å². The molecular weight excluding hydrogens is 281 g/mol. The van der Waals surface area contributed by atoms with Crippen LogP contribution < -0.4 is 10.1 Å². The fourth-order valence-corrected chi connectivity index (χ4v) is 1.94. The molecule has 19 heavy (non-hydrogen) atoms. The van der Waals surface area contributed by atoms with Gasteiger partial charge in [-0.3, -0.25) is 4.79 Å². The molecule has 100 valence electrons. The van der Waals surface area contributed by atoms with Crippen LogP contribution in [0.1, 0.15) is 10.5 Å². The van der Waals surface area contributed by atoms with E-state index >= 15 is 0 Å². The van der Waals surface area contributed by atoms with Gasteiger partial charge < -0.3 is 10.1 Å². The molecule has 0 unspecified atom stereocenters. The first-order valence-electron chi connectivity index (χ1n) is 5.00. The summed E-state index contributed by atoms with van der Waals surface area (Å²) in [6.07, 6.45) is -4.09. The van der Waals surface area contributed by atoms with Crippen molar-refractivity contribution in [2.24, 2.45) is 0 Å². The summed E-state index contributed by atoms with van der Waals surface area (Å²) in [6, 6.07) is 5.21. The number of aromatic nitrogens is 1. The van der Waals surface area contributed by atoms with Gasteiger partial charge in [0.15, 0.2) is 11.4 Å². The van der Waals surface area contributed by atoms with E-state index in [1.54, 1.807) is 5.38 Å². The molecule has 1 aromatic carbocycles. The van der Waals surface area contributed by atoms with E-state index in [1.165, 1.54) is 35.6 Å². The van der Waals surface area contributed by atoms with Gasteiger partial charge in [-0.1, -0.05) is 0 Å². The molecule has 0 saturated carbocycles. The molecule has 0 radical (unpaired) electrons. The number of thiazole rings is 1. The van der Waals surface area contributed by atoms with Crippen molar-refractivity contribution in [2.45, 2.75) is 6.36 Å². The number of halogens is 3. The summed E-state index contributed by atoms with van der Waals surface area (Å²) in [6.45, 7) is 0. The molecule has 1 N–H and O–H groups in total. The maximum Gasteiger partial charge on any atom is 0.573 e. The zero-order chi connectivity index (χ0) is 13.9. The Hall–Kier alpha value is -2.09. The Kier molecular flexibility index (Phi) is 3.70. The number of alkyl halides is 3. The van der Waals surface area contributed by atoms with Gasteiger partial charge >= 0.3 is 6.36 Å². The van der Waals surface area contributed by atoms with Gasteiger partial charge in [0.1, 0.15) is 11.4 Å². The summed E-state index contributed by atoms with van der Waals surface area (Å²) in [5, 5.41) is 4.90. The Labute approximate surface area is 109 Å². The van der Waals surface area contributed by atoms with Crippen LogP contribution in [0, 0.1) is 0 Å². The predicted molar refractivity (Wildman–Crippen MR) is 63.9 cm³/mol. The van der Waals surface area contributed by atoms with Crippen LogP contribution in [-0.2, 0) is 0 Å². The van der Waals surface area contributed by atoms with Crippen molar-refractivity contribution in [3.05, 3.63) is 35.3 Å². The molecule has 2 aromatic rings. The third kappa shape index (κ3) is 3.95. The second kappa shape index (κ2) is 5.27. The number of carbonyl (C=O) groups is 1. The summed E-state index contributed by atoms with van der Waals surface area (Å²) >= 11 is 1.22. The number of nitrogens with zero attached hydrogens (tertiary/aromatic N) is 1. The number of anilines is 2. The Morgan fingerprint density at radius 2 is 1.95 bits per heavy atom. The lowest BCUT2D eigenvalue weighted by atomic mass is 10.3. The van der Waals surface area contributed by atoms with Crippen molar-refractivity contribution in [2.75, 3.05) is 5.32 Å². The largest absolute Gasteiger partial charge is 0.573 e. The van der Waals surface area contributed by atoms with Crippen LogP contribution in [0.2, 0.25) is 0 Å². The number of rotatable bonds is 4. The second-order valence-electron chi connectivity index (χ2n) is 3.39. The number of hydrogen-bond acceptors (Lipinski definition) is 5. The number of ether oxygens (including phenoxy) is 1. The standard InChI is InChI=1S/C11H7F3N2O2S/c12-11(13,14)18-9-3-1-7(2-4-9)15-10-16-8(5-17)6-19-10/h1-6H,(H,15,16). The van der Waals surface area contributed by atoms with Crippen molar-refractivity contribution < 1.29 is 22.7 Å². The van der Waals surface area contributed by atoms with E-state index in [4.69, 9.17) is 0 Å². The van der Waals surface area contributed by atoms with Crippen molar-refractivity contribution in [3.63, 3.8) is 0 Å². The lowest BCUT2D eigenvalue weighted by Crippen LogP contribution is -2.16. The highest BCUT2D eigenvalue weighted by atomic mass is 32.1. The molecule has 4 nitrogen and oxygen atoms in total. The molecule has 0 aliphatic carbocycles. The number of benzene rings is 1. The fourth-order valence-electron chi connectivity index (χ4n) is 1.26. The zero-order valence-corrected chi connectivity index (χ0v) is 10.1. The van der Waals surface area contributed by atoms with E-state index in [-0.39, 0.29) is 5.75 Å². The third-order valence-electron chi connectivity index (χ3n) is 1.98. The fraction of sp³-hybridized carbons (Fsp3) is 0.0909. The normalized spacial score (nSPS) is 11.1. The predicted octanol–water partition coefficient (Wildman–Crippen LogP) is 3.60. The van der Waals surface area contributed by atoms with Crippen molar-refractivity contribution >= 4 is 28.4 Å². The molecular formula is C11H7F3N2O2S. The Balaban J connectivity index is 2.04. The lowest BCUT2D eigenvalue weighted by Gasteiger charge is -2.09. The van der Waals surface area contributed by atoms with Crippen LogP contribution in [0.4, 0.5) is 24.0 Å². The van der Waals surface area contributed by atoms with Crippen LogP contribution in [0.15, 0.2) is 29.6 Å².